The SMILES string of the molecule is CC(C)Oc1cccc2c1nc(CCl)n2C1CCC1. The van der Waals surface area contributed by atoms with Crippen LogP contribution in [0.15, 0.2) is 18.2 Å². The minimum absolute atomic E-state index is 0.152. The number of halogens is 1. The van der Waals surface area contributed by atoms with Gasteiger partial charge in [-0.25, -0.2) is 4.98 Å². The number of imidazole rings is 1. The van der Waals surface area contributed by atoms with Gasteiger partial charge in [-0.15, -0.1) is 11.6 Å². The standard InChI is InChI=1S/C15H19ClN2O/c1-10(2)19-13-8-4-7-12-15(13)17-14(9-16)18(12)11-5-3-6-11/h4,7-8,10-11H,3,5-6,9H2,1-2H3. The van der Waals surface area contributed by atoms with Crippen molar-refractivity contribution in [2.45, 2.75) is 51.1 Å². The summed E-state index contributed by atoms with van der Waals surface area (Å²) in [6.45, 7) is 4.06. The summed E-state index contributed by atoms with van der Waals surface area (Å²) in [6.07, 6.45) is 3.91. The van der Waals surface area contributed by atoms with E-state index in [2.05, 4.69) is 10.6 Å². The van der Waals surface area contributed by atoms with Crippen molar-refractivity contribution in [2.75, 3.05) is 0 Å². The second-order valence-corrected chi connectivity index (χ2v) is 5.67. The molecular formula is C15H19ClN2O. The molecule has 0 radical (unpaired) electrons. The van der Waals surface area contributed by atoms with Crippen LogP contribution in [0.5, 0.6) is 5.75 Å². The van der Waals surface area contributed by atoms with Crippen LogP contribution in [-0.4, -0.2) is 15.7 Å². The van der Waals surface area contributed by atoms with Crippen LogP contribution in [0.3, 0.4) is 0 Å². The van der Waals surface area contributed by atoms with E-state index in [9.17, 15) is 0 Å². The topological polar surface area (TPSA) is 27.1 Å². The fourth-order valence-corrected chi connectivity index (χ4v) is 2.82. The lowest BCUT2D eigenvalue weighted by molar-refractivity contribution is 0.245. The average Bonchev–Trinajstić information content (AvgIpc) is 2.67. The van der Waals surface area contributed by atoms with E-state index in [-0.39, 0.29) is 6.10 Å². The predicted molar refractivity (Wildman–Crippen MR) is 77.9 cm³/mol. The Balaban J connectivity index is 2.14. The highest BCUT2D eigenvalue weighted by Gasteiger charge is 2.25. The van der Waals surface area contributed by atoms with Crippen LogP contribution in [0, 0.1) is 0 Å². The molecule has 1 aromatic heterocycles. The van der Waals surface area contributed by atoms with Gasteiger partial charge in [-0.2, -0.15) is 0 Å². The summed E-state index contributed by atoms with van der Waals surface area (Å²) in [5.74, 6) is 2.27. The van der Waals surface area contributed by atoms with E-state index in [1.54, 1.807) is 0 Å². The van der Waals surface area contributed by atoms with Gasteiger partial charge in [-0.05, 0) is 45.2 Å². The third-order valence-corrected chi connectivity index (χ3v) is 3.92. The van der Waals surface area contributed by atoms with Crippen molar-refractivity contribution in [1.29, 1.82) is 0 Å². The third-order valence-electron chi connectivity index (χ3n) is 3.68. The van der Waals surface area contributed by atoms with Gasteiger partial charge in [-0.1, -0.05) is 6.07 Å². The lowest BCUT2D eigenvalue weighted by Crippen LogP contribution is -2.18. The minimum Gasteiger partial charge on any atom is -0.489 e. The van der Waals surface area contributed by atoms with Crippen molar-refractivity contribution in [3.05, 3.63) is 24.0 Å². The number of hydrogen-bond acceptors (Lipinski definition) is 2. The summed E-state index contributed by atoms with van der Waals surface area (Å²) < 4.78 is 8.16. The van der Waals surface area contributed by atoms with E-state index >= 15 is 0 Å². The summed E-state index contributed by atoms with van der Waals surface area (Å²) in [5.41, 5.74) is 2.09. The molecule has 0 saturated heterocycles. The first kappa shape index (κ1) is 12.8. The molecule has 0 atom stereocenters. The molecule has 0 amide bonds. The zero-order chi connectivity index (χ0) is 13.4. The fraction of sp³-hybridized carbons (Fsp3) is 0.533. The highest BCUT2D eigenvalue weighted by Crippen LogP contribution is 2.37. The molecule has 0 N–H and O–H groups in total. The van der Waals surface area contributed by atoms with Crippen molar-refractivity contribution >= 4 is 22.6 Å². The number of aromatic nitrogens is 2. The molecule has 102 valence electrons. The van der Waals surface area contributed by atoms with Crippen LogP contribution in [0.1, 0.15) is 45.0 Å². The molecule has 1 heterocycles. The van der Waals surface area contributed by atoms with E-state index in [0.29, 0.717) is 11.9 Å². The summed E-state index contributed by atoms with van der Waals surface area (Å²) in [7, 11) is 0. The van der Waals surface area contributed by atoms with Crippen molar-refractivity contribution in [2.24, 2.45) is 0 Å². The van der Waals surface area contributed by atoms with E-state index in [4.69, 9.17) is 21.3 Å². The predicted octanol–water partition coefficient (Wildman–Crippen LogP) is 4.29. The van der Waals surface area contributed by atoms with Crippen LogP contribution < -0.4 is 4.74 Å². The summed E-state index contributed by atoms with van der Waals surface area (Å²) in [5, 5.41) is 0. The van der Waals surface area contributed by atoms with Gasteiger partial charge in [-0.3, -0.25) is 0 Å². The lowest BCUT2D eigenvalue weighted by atomic mass is 9.92. The number of alkyl halides is 1. The molecule has 19 heavy (non-hydrogen) atoms. The monoisotopic (exact) mass is 278 g/mol. The van der Waals surface area contributed by atoms with Crippen molar-refractivity contribution in [1.82, 2.24) is 9.55 Å². The molecule has 1 saturated carbocycles. The Hall–Kier alpha value is -1.22. The third kappa shape index (κ3) is 2.20. The number of rotatable bonds is 4. The number of ether oxygens (including phenoxy) is 1. The lowest BCUT2D eigenvalue weighted by Gasteiger charge is -2.28. The number of para-hydroxylation sites is 1. The molecule has 1 aliphatic rings. The maximum Gasteiger partial charge on any atom is 0.147 e. The van der Waals surface area contributed by atoms with Crippen molar-refractivity contribution in [3.8, 4) is 5.75 Å². The van der Waals surface area contributed by atoms with Gasteiger partial charge in [0.15, 0.2) is 0 Å². The van der Waals surface area contributed by atoms with E-state index in [0.717, 1.165) is 22.6 Å². The number of nitrogens with zero attached hydrogens (tertiary/aromatic N) is 2. The molecule has 1 fully saturated rings. The van der Waals surface area contributed by atoms with Crippen LogP contribution >= 0.6 is 11.6 Å². The van der Waals surface area contributed by atoms with E-state index in [1.807, 2.05) is 26.0 Å². The number of benzene rings is 1. The van der Waals surface area contributed by atoms with Crippen LogP contribution in [0.2, 0.25) is 0 Å². The van der Waals surface area contributed by atoms with Crippen LogP contribution in [-0.2, 0) is 5.88 Å². The molecule has 0 spiro atoms. The smallest absolute Gasteiger partial charge is 0.147 e. The minimum atomic E-state index is 0.152. The molecule has 0 bridgehead atoms. The molecule has 4 heteroatoms. The highest BCUT2D eigenvalue weighted by atomic mass is 35.5. The van der Waals surface area contributed by atoms with E-state index < -0.39 is 0 Å². The van der Waals surface area contributed by atoms with Gasteiger partial charge in [0.1, 0.15) is 17.1 Å². The van der Waals surface area contributed by atoms with Crippen molar-refractivity contribution in [3.63, 3.8) is 0 Å². The van der Waals surface area contributed by atoms with Gasteiger partial charge in [0, 0.05) is 6.04 Å². The molecule has 1 aliphatic carbocycles. The second-order valence-electron chi connectivity index (χ2n) is 5.41. The molecule has 2 aromatic rings. The molecule has 0 unspecified atom stereocenters. The van der Waals surface area contributed by atoms with Gasteiger partial charge >= 0.3 is 0 Å². The molecular weight excluding hydrogens is 260 g/mol. The first-order valence-electron chi connectivity index (χ1n) is 6.93. The Bertz CT molecular complexity index is 587. The fourth-order valence-electron chi connectivity index (χ4n) is 2.64. The number of fused-ring (bicyclic) bond motifs is 1. The average molecular weight is 279 g/mol. The molecule has 3 nitrogen and oxygen atoms in total. The Morgan fingerprint density at radius 3 is 2.79 bits per heavy atom. The summed E-state index contributed by atoms with van der Waals surface area (Å²) in [6, 6.07) is 6.70. The quantitative estimate of drug-likeness (QED) is 0.780. The summed E-state index contributed by atoms with van der Waals surface area (Å²) in [4.78, 5) is 4.69. The largest absolute Gasteiger partial charge is 0.489 e. The van der Waals surface area contributed by atoms with Crippen LogP contribution in [0.4, 0.5) is 0 Å². The normalized spacial score (nSPS) is 16.0. The van der Waals surface area contributed by atoms with Gasteiger partial charge < -0.3 is 9.30 Å². The molecule has 3 rings (SSSR count). The van der Waals surface area contributed by atoms with Crippen LogP contribution in [0.25, 0.3) is 11.0 Å². The highest BCUT2D eigenvalue weighted by molar-refractivity contribution is 6.16. The Labute approximate surface area is 118 Å². The van der Waals surface area contributed by atoms with E-state index in [1.165, 1.54) is 19.3 Å². The summed E-state index contributed by atoms with van der Waals surface area (Å²) >= 11 is 6.06. The maximum atomic E-state index is 6.06. The zero-order valence-corrected chi connectivity index (χ0v) is 12.2. The maximum absolute atomic E-state index is 6.06. The Kier molecular flexibility index (Phi) is 3.40. The van der Waals surface area contributed by atoms with Gasteiger partial charge in [0.2, 0.25) is 0 Å². The molecule has 0 aliphatic heterocycles. The van der Waals surface area contributed by atoms with Crippen molar-refractivity contribution < 1.29 is 4.74 Å². The first-order valence-corrected chi connectivity index (χ1v) is 7.46. The van der Waals surface area contributed by atoms with Gasteiger partial charge in [0.05, 0.1) is 17.5 Å². The van der Waals surface area contributed by atoms with Gasteiger partial charge in [0.25, 0.3) is 0 Å². The Morgan fingerprint density at radius 2 is 2.21 bits per heavy atom. The zero-order valence-electron chi connectivity index (χ0n) is 11.4. The number of hydrogen-bond donors (Lipinski definition) is 0. The first-order chi connectivity index (χ1) is 9.20. The molecule has 1 aromatic carbocycles. The second kappa shape index (κ2) is 5.04. The Morgan fingerprint density at radius 1 is 1.42 bits per heavy atom.